The first kappa shape index (κ1) is 35.9. The molecular weight excluding hydrogens is 668 g/mol. The number of hydrogen-bond donors (Lipinski definition) is 5. The number of aldehydes is 3. The fourth-order valence-corrected chi connectivity index (χ4v) is 2.99. The number of aliphatic hydroxyl groups excluding tert-OH is 4. The molecule has 222 valence electrons. The van der Waals surface area contributed by atoms with Crippen LogP contribution in [0, 0.1) is 0 Å². The van der Waals surface area contributed by atoms with Gasteiger partial charge in [-0.15, -0.1) is 0 Å². The maximum atomic E-state index is 10.6. The van der Waals surface area contributed by atoms with Crippen LogP contribution in [0.25, 0.3) is 0 Å². The first-order valence-corrected chi connectivity index (χ1v) is 14.0. The van der Waals surface area contributed by atoms with Crippen molar-refractivity contribution < 1.29 is 49.4 Å². The second-order valence-electron chi connectivity index (χ2n) is 8.24. The Kier molecular flexibility index (Phi) is 18.1. The first-order chi connectivity index (χ1) is 19.7. The molecule has 0 heterocycles. The van der Waals surface area contributed by atoms with Gasteiger partial charge in [0.1, 0.15) is 61.5 Å². The number of ether oxygens (including phenoxy) is 2. The summed E-state index contributed by atoms with van der Waals surface area (Å²) in [7, 11) is 0. The van der Waals surface area contributed by atoms with Gasteiger partial charge < -0.3 is 35.0 Å². The molecule has 41 heavy (non-hydrogen) atoms. The quantitative estimate of drug-likeness (QED) is 0.132. The standard InChI is InChI=1S/C18H18O6.C7H6O2.C4H8Br2O2/c19-9-13-1-5-15(6-2-13)23-11-17(21)18(22)12-24-16-7-3-14(10-20)4-8-16;8-5-6-1-3-7(9)4-2-6;5-3(1-7)4(6)2-8/h1-10,17-18,21-22H,11-12H2;1-5,9H;3-4,7-8H,1-2H2. The zero-order valence-corrected chi connectivity index (χ0v) is 25.0. The largest absolute Gasteiger partial charge is 0.508 e. The Bertz CT molecular complexity index is 1070. The summed E-state index contributed by atoms with van der Waals surface area (Å²) in [6.45, 7) is -0.156. The van der Waals surface area contributed by atoms with E-state index < -0.39 is 12.2 Å². The summed E-state index contributed by atoms with van der Waals surface area (Å²) in [5.41, 5.74) is 1.63. The summed E-state index contributed by atoms with van der Waals surface area (Å²) in [5.74, 6) is 1.15. The van der Waals surface area contributed by atoms with Crippen LogP contribution in [0.15, 0.2) is 72.8 Å². The maximum Gasteiger partial charge on any atom is 0.150 e. The van der Waals surface area contributed by atoms with Gasteiger partial charge in [-0.05, 0) is 72.8 Å². The maximum absolute atomic E-state index is 10.6. The fraction of sp³-hybridized carbons (Fsp3) is 0.276. The van der Waals surface area contributed by atoms with Gasteiger partial charge >= 0.3 is 0 Å². The molecule has 5 N–H and O–H groups in total. The minimum Gasteiger partial charge on any atom is -0.508 e. The summed E-state index contributed by atoms with van der Waals surface area (Å²) in [6, 6.07) is 18.9. The van der Waals surface area contributed by atoms with Crippen LogP contribution in [-0.4, -0.2) is 92.7 Å². The van der Waals surface area contributed by atoms with Crippen LogP contribution in [0.1, 0.15) is 31.1 Å². The van der Waals surface area contributed by atoms with Gasteiger partial charge in [0.15, 0.2) is 0 Å². The summed E-state index contributed by atoms with van der Waals surface area (Å²) in [4.78, 5) is 31.0. The van der Waals surface area contributed by atoms with E-state index in [1.54, 1.807) is 60.7 Å². The number of phenols is 1. The molecule has 0 spiro atoms. The van der Waals surface area contributed by atoms with Gasteiger partial charge in [-0.2, -0.15) is 0 Å². The monoisotopic (exact) mass is 698 g/mol. The van der Waals surface area contributed by atoms with Crippen LogP contribution in [0.4, 0.5) is 0 Å². The number of hydrogen-bond acceptors (Lipinski definition) is 10. The topological polar surface area (TPSA) is 171 Å². The Morgan fingerprint density at radius 1 is 0.585 bits per heavy atom. The van der Waals surface area contributed by atoms with Crippen LogP contribution < -0.4 is 9.47 Å². The van der Waals surface area contributed by atoms with Crippen molar-refractivity contribution >= 4 is 50.7 Å². The molecule has 0 aliphatic carbocycles. The molecule has 0 amide bonds. The molecule has 12 heteroatoms. The summed E-state index contributed by atoms with van der Waals surface area (Å²) in [6.07, 6.45) is -0.0858. The van der Waals surface area contributed by atoms with Crippen molar-refractivity contribution in [2.45, 2.75) is 21.9 Å². The van der Waals surface area contributed by atoms with E-state index in [9.17, 15) is 24.6 Å². The molecule has 10 nitrogen and oxygen atoms in total. The van der Waals surface area contributed by atoms with Crippen LogP contribution >= 0.6 is 31.9 Å². The highest BCUT2D eigenvalue weighted by Crippen LogP contribution is 2.14. The van der Waals surface area contributed by atoms with Crippen molar-refractivity contribution in [3.63, 3.8) is 0 Å². The molecule has 3 aromatic rings. The molecule has 4 atom stereocenters. The van der Waals surface area contributed by atoms with Gasteiger partial charge in [0.25, 0.3) is 0 Å². The number of benzene rings is 3. The molecule has 3 rings (SSSR count). The summed E-state index contributed by atoms with van der Waals surface area (Å²) in [5, 5.41) is 45.4. The van der Waals surface area contributed by atoms with Crippen molar-refractivity contribution in [3.05, 3.63) is 89.5 Å². The number of rotatable bonds is 13. The lowest BCUT2D eigenvalue weighted by Gasteiger charge is -2.19. The Hall–Kier alpha value is -3.13. The third kappa shape index (κ3) is 14.9. The van der Waals surface area contributed by atoms with Gasteiger partial charge in [0.2, 0.25) is 0 Å². The highest BCUT2D eigenvalue weighted by atomic mass is 79.9. The third-order valence-electron chi connectivity index (χ3n) is 5.09. The van der Waals surface area contributed by atoms with E-state index in [1.165, 1.54) is 12.1 Å². The van der Waals surface area contributed by atoms with E-state index in [-0.39, 0.29) is 41.8 Å². The molecular formula is C29H32Br2O10. The molecule has 3 aromatic carbocycles. The van der Waals surface area contributed by atoms with Crippen molar-refractivity contribution in [1.29, 1.82) is 0 Å². The van der Waals surface area contributed by atoms with E-state index in [2.05, 4.69) is 31.9 Å². The number of halogens is 2. The Balaban J connectivity index is 0.000000403. The first-order valence-electron chi connectivity index (χ1n) is 12.1. The SMILES string of the molecule is O=Cc1ccc(O)cc1.O=Cc1ccc(OCC(O)C(O)COc2ccc(C=O)cc2)cc1.OCC(Br)C(Br)CO. The number of alkyl halides is 2. The van der Waals surface area contributed by atoms with E-state index in [0.717, 1.165) is 18.9 Å². The second-order valence-corrected chi connectivity index (χ2v) is 10.6. The molecule has 0 aromatic heterocycles. The number of carbonyl (C=O) groups excluding carboxylic acids is 3. The summed E-state index contributed by atoms with van der Waals surface area (Å²) < 4.78 is 10.7. The highest BCUT2D eigenvalue weighted by Gasteiger charge is 2.18. The lowest BCUT2D eigenvalue weighted by Crippen LogP contribution is -2.36. The van der Waals surface area contributed by atoms with Crippen molar-refractivity contribution in [2.75, 3.05) is 26.4 Å². The Morgan fingerprint density at radius 3 is 1.15 bits per heavy atom. The van der Waals surface area contributed by atoms with Gasteiger partial charge in [-0.1, -0.05) is 31.9 Å². The Morgan fingerprint density at radius 2 is 0.878 bits per heavy atom. The Labute approximate surface area is 254 Å². The van der Waals surface area contributed by atoms with Gasteiger partial charge in [-0.3, -0.25) is 14.4 Å². The second kappa shape index (κ2) is 20.7. The number of aromatic hydroxyl groups is 1. The fourth-order valence-electron chi connectivity index (χ4n) is 2.65. The molecule has 0 fully saturated rings. The van der Waals surface area contributed by atoms with E-state index in [0.29, 0.717) is 28.2 Å². The van der Waals surface area contributed by atoms with Crippen molar-refractivity contribution in [1.82, 2.24) is 0 Å². The normalized spacial score (nSPS) is 13.0. The third-order valence-corrected chi connectivity index (χ3v) is 7.65. The minimum absolute atomic E-state index is 0.0382. The minimum atomic E-state index is -1.13. The van der Waals surface area contributed by atoms with Crippen LogP contribution in [0.3, 0.4) is 0 Å². The van der Waals surface area contributed by atoms with Crippen LogP contribution in [-0.2, 0) is 0 Å². The van der Waals surface area contributed by atoms with Crippen molar-refractivity contribution in [2.24, 2.45) is 0 Å². The van der Waals surface area contributed by atoms with Crippen molar-refractivity contribution in [3.8, 4) is 17.2 Å². The molecule has 0 saturated heterocycles. The molecule has 4 unspecified atom stereocenters. The average Bonchev–Trinajstić information content (AvgIpc) is 3.03. The molecule has 0 radical (unpaired) electrons. The molecule has 0 saturated carbocycles. The van der Waals surface area contributed by atoms with E-state index in [4.69, 9.17) is 24.8 Å². The van der Waals surface area contributed by atoms with Gasteiger partial charge in [0.05, 0.1) is 22.9 Å². The molecule has 0 aliphatic heterocycles. The lowest BCUT2D eigenvalue weighted by molar-refractivity contribution is -0.0288. The predicted molar refractivity (Wildman–Crippen MR) is 160 cm³/mol. The molecule has 0 aliphatic rings. The number of phenolic OH excluding ortho intramolecular Hbond substituents is 1. The summed E-state index contributed by atoms with van der Waals surface area (Å²) >= 11 is 6.29. The molecule has 0 bridgehead atoms. The highest BCUT2D eigenvalue weighted by molar-refractivity contribution is 9.12. The van der Waals surface area contributed by atoms with Gasteiger partial charge in [-0.25, -0.2) is 0 Å². The van der Waals surface area contributed by atoms with E-state index >= 15 is 0 Å². The number of aliphatic hydroxyl groups is 4. The zero-order valence-electron chi connectivity index (χ0n) is 21.8. The lowest BCUT2D eigenvalue weighted by atomic mass is 10.2. The van der Waals surface area contributed by atoms with Gasteiger partial charge in [0, 0.05) is 16.7 Å². The van der Waals surface area contributed by atoms with Crippen LogP contribution in [0.2, 0.25) is 0 Å². The van der Waals surface area contributed by atoms with Crippen LogP contribution in [0.5, 0.6) is 17.2 Å². The zero-order chi connectivity index (χ0) is 30.6. The smallest absolute Gasteiger partial charge is 0.150 e. The predicted octanol–water partition coefficient (Wildman–Crippen LogP) is 3.19. The average molecular weight is 700 g/mol. The van der Waals surface area contributed by atoms with E-state index in [1.807, 2.05) is 0 Å². The number of carbonyl (C=O) groups is 3.